The van der Waals surface area contributed by atoms with Crippen molar-refractivity contribution >= 4 is 6.09 Å². The normalized spacial score (nSPS) is 17.0. The third-order valence-electron chi connectivity index (χ3n) is 5.23. The van der Waals surface area contributed by atoms with Crippen molar-refractivity contribution in [3.63, 3.8) is 0 Å². The van der Waals surface area contributed by atoms with Crippen molar-refractivity contribution in [1.82, 2.24) is 25.0 Å². The van der Waals surface area contributed by atoms with Crippen LogP contribution in [-0.4, -0.2) is 43.2 Å². The average Bonchev–Trinajstić information content (AvgIpc) is 3.29. The number of hydrogen-bond donors (Lipinski definition) is 0. The van der Waals surface area contributed by atoms with Gasteiger partial charge in [0, 0.05) is 17.7 Å². The van der Waals surface area contributed by atoms with Gasteiger partial charge in [0.15, 0.2) is 0 Å². The van der Waals surface area contributed by atoms with Crippen LogP contribution in [0.5, 0.6) is 0 Å². The summed E-state index contributed by atoms with van der Waals surface area (Å²) in [4.78, 5) is 26.9. The molecular weight excluding hydrogens is 451 g/mol. The maximum absolute atomic E-state index is 12.8. The van der Waals surface area contributed by atoms with E-state index in [1.165, 1.54) is 0 Å². The summed E-state index contributed by atoms with van der Waals surface area (Å²) in [6.45, 7) is 6.05. The highest BCUT2D eigenvalue weighted by molar-refractivity contribution is 5.69. The summed E-state index contributed by atoms with van der Waals surface area (Å²) in [6, 6.07) is 6.30. The zero-order valence-electron chi connectivity index (χ0n) is 19.0. The summed E-state index contributed by atoms with van der Waals surface area (Å²) < 4.78 is 48.0. The molecule has 2 aromatic heterocycles. The molecule has 0 radical (unpaired) electrons. The molecule has 0 N–H and O–H groups in total. The first-order valence-electron chi connectivity index (χ1n) is 10.8. The molecule has 3 aromatic rings. The number of piperidine rings is 1. The smallest absolute Gasteiger partial charge is 0.444 e. The van der Waals surface area contributed by atoms with E-state index in [-0.39, 0.29) is 18.0 Å². The van der Waals surface area contributed by atoms with Crippen LogP contribution < -0.4 is 0 Å². The highest BCUT2D eigenvalue weighted by Crippen LogP contribution is 2.33. The van der Waals surface area contributed by atoms with Crippen LogP contribution in [0.1, 0.15) is 57.7 Å². The van der Waals surface area contributed by atoms with E-state index in [2.05, 4.69) is 19.6 Å². The minimum Gasteiger partial charge on any atom is -0.444 e. The number of aromatic nitrogens is 4. The van der Waals surface area contributed by atoms with Gasteiger partial charge in [-0.05, 0) is 40.0 Å². The van der Waals surface area contributed by atoms with E-state index in [0.717, 1.165) is 19.3 Å². The summed E-state index contributed by atoms with van der Waals surface area (Å²) in [7, 11) is 0. The number of nitrogens with zero attached hydrogens (tertiary/aromatic N) is 5. The molecule has 1 amide bonds. The highest BCUT2D eigenvalue weighted by atomic mass is 19.4. The second-order valence-corrected chi connectivity index (χ2v) is 9.01. The molecule has 4 rings (SSSR count). The number of carbonyl (C=O) groups excluding carboxylic acids is 1. The van der Waals surface area contributed by atoms with Crippen LogP contribution in [-0.2, 0) is 10.9 Å². The lowest BCUT2D eigenvalue weighted by molar-refractivity contribution is -0.159. The first kappa shape index (κ1) is 23.7. The Balaban J connectivity index is 1.56. The molecular formula is C23H24F3N5O3. The lowest BCUT2D eigenvalue weighted by Gasteiger charge is -2.36. The summed E-state index contributed by atoms with van der Waals surface area (Å²) >= 11 is 0. The number of ether oxygens (including phenoxy) is 1. The van der Waals surface area contributed by atoms with E-state index >= 15 is 0 Å². The zero-order valence-corrected chi connectivity index (χ0v) is 19.0. The number of halogens is 3. The number of likely N-dealkylation sites (tertiary alicyclic amines) is 1. The van der Waals surface area contributed by atoms with Crippen LogP contribution in [0.2, 0.25) is 0 Å². The number of benzene rings is 1. The molecule has 1 aromatic carbocycles. The maximum Gasteiger partial charge on any atom is 0.471 e. The molecule has 11 heteroatoms. The lowest BCUT2D eigenvalue weighted by atomic mass is 9.99. The van der Waals surface area contributed by atoms with Crippen LogP contribution in [0.4, 0.5) is 18.0 Å². The van der Waals surface area contributed by atoms with Crippen LogP contribution in [0, 0.1) is 0 Å². The molecule has 34 heavy (non-hydrogen) atoms. The fraction of sp³-hybridized carbons (Fsp3) is 0.435. The summed E-state index contributed by atoms with van der Waals surface area (Å²) in [5.41, 5.74) is 1.70. The van der Waals surface area contributed by atoms with Crippen LogP contribution in [0.15, 0.2) is 41.2 Å². The summed E-state index contributed by atoms with van der Waals surface area (Å²) in [6.07, 6.45) is 0.736. The third kappa shape index (κ3) is 5.35. The van der Waals surface area contributed by atoms with Gasteiger partial charge in [0.25, 0.3) is 0 Å². The van der Waals surface area contributed by atoms with Gasteiger partial charge in [-0.15, -0.1) is 0 Å². The number of carbonyl (C=O) groups is 1. The van der Waals surface area contributed by atoms with Crippen LogP contribution in [0.3, 0.4) is 0 Å². The molecule has 180 valence electrons. The van der Waals surface area contributed by atoms with Gasteiger partial charge >= 0.3 is 18.2 Å². The standard InChI is InChI=1S/C23H24F3N5O3/c1-22(2,3)33-21(32)31-11-5-4-6-18(31)17-13-27-12-16(28-17)14-7-9-15(10-8-14)19-29-20(34-30-19)23(24,25)26/h7-10,12-13,18H,4-6,11H2,1-3H3. The van der Waals surface area contributed by atoms with E-state index in [9.17, 15) is 18.0 Å². The Morgan fingerprint density at radius 2 is 1.76 bits per heavy atom. The molecule has 0 saturated carbocycles. The van der Waals surface area contributed by atoms with Crippen molar-refractivity contribution < 1.29 is 27.2 Å². The average molecular weight is 475 g/mol. The Bertz CT molecular complexity index is 1160. The van der Waals surface area contributed by atoms with Gasteiger partial charge in [0.1, 0.15) is 5.60 Å². The molecule has 0 aliphatic carbocycles. The molecule has 0 bridgehead atoms. The molecule has 1 aliphatic heterocycles. The Morgan fingerprint density at radius 3 is 2.41 bits per heavy atom. The first-order valence-corrected chi connectivity index (χ1v) is 10.8. The topological polar surface area (TPSA) is 94.2 Å². The number of hydrogen-bond acceptors (Lipinski definition) is 7. The van der Waals surface area contributed by atoms with E-state index in [1.807, 2.05) is 20.8 Å². The zero-order chi connectivity index (χ0) is 24.5. The van der Waals surface area contributed by atoms with E-state index < -0.39 is 17.7 Å². The molecule has 1 atom stereocenters. The van der Waals surface area contributed by atoms with Crippen LogP contribution in [0.25, 0.3) is 22.6 Å². The predicted molar refractivity (Wildman–Crippen MR) is 115 cm³/mol. The molecule has 0 spiro atoms. The predicted octanol–water partition coefficient (Wildman–Crippen LogP) is 5.67. The first-order chi connectivity index (χ1) is 16.0. The Morgan fingerprint density at radius 1 is 1.06 bits per heavy atom. The van der Waals surface area contributed by atoms with Crippen molar-refractivity contribution in [3.8, 4) is 22.6 Å². The van der Waals surface area contributed by atoms with Gasteiger partial charge in [0.05, 0.1) is 29.8 Å². The summed E-state index contributed by atoms with van der Waals surface area (Å²) in [5.74, 6) is -1.55. The minimum atomic E-state index is -4.70. The highest BCUT2D eigenvalue weighted by Gasteiger charge is 2.38. The van der Waals surface area contributed by atoms with Gasteiger partial charge in [-0.25, -0.2) is 9.78 Å². The maximum atomic E-state index is 12.8. The fourth-order valence-corrected chi connectivity index (χ4v) is 3.70. The summed E-state index contributed by atoms with van der Waals surface area (Å²) in [5, 5.41) is 3.40. The van der Waals surface area contributed by atoms with Gasteiger partial charge in [-0.2, -0.15) is 18.2 Å². The van der Waals surface area contributed by atoms with Crippen LogP contribution >= 0.6 is 0 Å². The van der Waals surface area contributed by atoms with Gasteiger partial charge in [-0.1, -0.05) is 29.4 Å². The van der Waals surface area contributed by atoms with Gasteiger partial charge in [0.2, 0.25) is 5.82 Å². The fourth-order valence-electron chi connectivity index (χ4n) is 3.70. The molecule has 1 aliphatic rings. The number of alkyl halides is 3. The van der Waals surface area contributed by atoms with Crippen molar-refractivity contribution in [2.45, 2.75) is 57.9 Å². The van der Waals surface area contributed by atoms with Crippen molar-refractivity contribution in [1.29, 1.82) is 0 Å². The molecule has 1 fully saturated rings. The molecule has 1 saturated heterocycles. The second-order valence-electron chi connectivity index (χ2n) is 9.01. The van der Waals surface area contributed by atoms with Crippen molar-refractivity contribution in [3.05, 3.63) is 48.2 Å². The van der Waals surface area contributed by atoms with E-state index in [1.54, 1.807) is 41.6 Å². The van der Waals surface area contributed by atoms with Gasteiger partial charge < -0.3 is 9.26 Å². The Labute approximate surface area is 194 Å². The molecule has 3 heterocycles. The van der Waals surface area contributed by atoms with Crippen molar-refractivity contribution in [2.24, 2.45) is 0 Å². The Kier molecular flexibility index (Phi) is 6.28. The van der Waals surface area contributed by atoms with E-state index in [4.69, 9.17) is 9.72 Å². The number of amides is 1. The molecule has 1 unspecified atom stereocenters. The molecule has 8 nitrogen and oxygen atoms in total. The minimum absolute atomic E-state index is 0.158. The Hall–Kier alpha value is -3.50. The lowest BCUT2D eigenvalue weighted by Crippen LogP contribution is -2.42. The second kappa shape index (κ2) is 9.03. The van der Waals surface area contributed by atoms with Crippen molar-refractivity contribution in [2.75, 3.05) is 6.54 Å². The SMILES string of the molecule is CC(C)(C)OC(=O)N1CCCCC1c1cncc(-c2ccc(-c3noc(C(F)(F)F)n3)cc2)n1. The monoisotopic (exact) mass is 475 g/mol. The quantitative estimate of drug-likeness (QED) is 0.481. The van der Waals surface area contributed by atoms with E-state index in [0.29, 0.717) is 29.1 Å². The largest absolute Gasteiger partial charge is 0.471 e. The third-order valence-corrected chi connectivity index (χ3v) is 5.23. The van der Waals surface area contributed by atoms with Gasteiger partial charge in [-0.3, -0.25) is 9.88 Å². The number of rotatable bonds is 3.